The molecular formula is C16H24N2O6S2. The Labute approximate surface area is 160 Å². The number of nitrogens with zero attached hydrogens (tertiary/aromatic N) is 2. The lowest BCUT2D eigenvalue weighted by Gasteiger charge is -2.21. The minimum atomic E-state index is -0.946. The van der Waals surface area contributed by atoms with E-state index in [1.54, 1.807) is 0 Å². The van der Waals surface area contributed by atoms with Gasteiger partial charge in [0.05, 0.1) is 0 Å². The van der Waals surface area contributed by atoms with Crippen LogP contribution in [0.25, 0.3) is 0 Å². The summed E-state index contributed by atoms with van der Waals surface area (Å²) in [6.07, 6.45) is 3.03. The van der Waals surface area contributed by atoms with Gasteiger partial charge in [-0.2, -0.15) is 0 Å². The maximum atomic E-state index is 12.1. The largest absolute Gasteiger partial charge is 0.480 e. The highest BCUT2D eigenvalue weighted by atomic mass is 33.1. The first-order valence-corrected chi connectivity index (χ1v) is 11.2. The van der Waals surface area contributed by atoms with Crippen molar-refractivity contribution in [2.75, 3.05) is 24.6 Å². The second kappa shape index (κ2) is 10.1. The fraction of sp³-hybridized carbons (Fsp3) is 0.750. The fourth-order valence-corrected chi connectivity index (χ4v) is 5.27. The average molecular weight is 405 g/mol. The Hall–Kier alpha value is -1.42. The molecule has 2 aliphatic rings. The molecule has 0 aromatic heterocycles. The predicted molar refractivity (Wildman–Crippen MR) is 98.9 cm³/mol. The van der Waals surface area contributed by atoms with E-state index in [1.807, 2.05) is 0 Å². The smallest absolute Gasteiger partial charge is 0.326 e. The molecule has 0 radical (unpaired) electrons. The van der Waals surface area contributed by atoms with E-state index < -0.39 is 24.0 Å². The van der Waals surface area contributed by atoms with E-state index >= 15 is 0 Å². The number of carboxylic acids is 2. The van der Waals surface area contributed by atoms with Crippen molar-refractivity contribution in [3.63, 3.8) is 0 Å². The van der Waals surface area contributed by atoms with Gasteiger partial charge in [-0.1, -0.05) is 21.6 Å². The molecule has 0 bridgehead atoms. The van der Waals surface area contributed by atoms with Crippen LogP contribution >= 0.6 is 21.6 Å². The molecule has 0 spiro atoms. The third-order valence-electron chi connectivity index (χ3n) is 4.60. The summed E-state index contributed by atoms with van der Waals surface area (Å²) in [7, 11) is 2.95. The SMILES string of the molecule is O=C(O)[C@H]1CCCN1C(=O)CCSSCCC(=O)N1CCC[C@@H]1C(=O)O. The van der Waals surface area contributed by atoms with Crippen molar-refractivity contribution >= 4 is 45.3 Å². The topological polar surface area (TPSA) is 115 Å². The summed E-state index contributed by atoms with van der Waals surface area (Å²) in [5, 5.41) is 18.2. The first-order valence-electron chi connectivity index (χ1n) is 8.70. The van der Waals surface area contributed by atoms with Gasteiger partial charge in [0.1, 0.15) is 12.1 Å². The molecule has 2 rings (SSSR count). The van der Waals surface area contributed by atoms with Gasteiger partial charge in [-0.3, -0.25) is 9.59 Å². The van der Waals surface area contributed by atoms with Crippen LogP contribution in [0.4, 0.5) is 0 Å². The first-order chi connectivity index (χ1) is 12.4. The summed E-state index contributed by atoms with van der Waals surface area (Å²) in [6, 6.07) is -1.39. The Morgan fingerprint density at radius 3 is 1.50 bits per heavy atom. The van der Waals surface area contributed by atoms with Crippen molar-refractivity contribution in [1.29, 1.82) is 0 Å². The molecule has 8 nitrogen and oxygen atoms in total. The van der Waals surface area contributed by atoms with Gasteiger partial charge in [0.2, 0.25) is 11.8 Å². The molecule has 146 valence electrons. The Kier molecular flexibility index (Phi) is 8.08. The number of likely N-dealkylation sites (tertiary alicyclic amines) is 2. The van der Waals surface area contributed by atoms with Crippen LogP contribution in [0.5, 0.6) is 0 Å². The van der Waals surface area contributed by atoms with E-state index in [0.717, 1.165) is 12.8 Å². The monoisotopic (exact) mass is 404 g/mol. The Morgan fingerprint density at radius 1 is 0.769 bits per heavy atom. The number of amides is 2. The first kappa shape index (κ1) is 20.9. The number of carbonyl (C=O) groups is 4. The van der Waals surface area contributed by atoms with Crippen molar-refractivity contribution in [2.45, 2.75) is 50.6 Å². The highest BCUT2D eigenvalue weighted by molar-refractivity contribution is 8.76. The highest BCUT2D eigenvalue weighted by Crippen LogP contribution is 2.26. The van der Waals surface area contributed by atoms with Crippen LogP contribution in [0.3, 0.4) is 0 Å². The molecule has 0 saturated carbocycles. The molecule has 2 heterocycles. The van der Waals surface area contributed by atoms with Crippen LogP contribution in [0.2, 0.25) is 0 Å². The van der Waals surface area contributed by atoms with E-state index in [1.165, 1.54) is 31.4 Å². The zero-order valence-electron chi connectivity index (χ0n) is 14.5. The Balaban J connectivity index is 1.59. The summed E-state index contributed by atoms with van der Waals surface area (Å²) in [5.74, 6) is -1.05. The van der Waals surface area contributed by atoms with Crippen molar-refractivity contribution in [2.24, 2.45) is 0 Å². The second-order valence-corrected chi connectivity index (χ2v) is 9.01. The van der Waals surface area contributed by atoms with Gasteiger partial charge >= 0.3 is 11.9 Å². The van der Waals surface area contributed by atoms with Crippen LogP contribution in [-0.4, -0.2) is 80.4 Å². The molecule has 0 aromatic carbocycles. The van der Waals surface area contributed by atoms with Crippen LogP contribution in [0.15, 0.2) is 0 Å². The molecule has 2 aliphatic heterocycles. The number of aliphatic carboxylic acids is 2. The van der Waals surface area contributed by atoms with Crippen LogP contribution in [0.1, 0.15) is 38.5 Å². The normalized spacial score (nSPS) is 22.6. The zero-order valence-corrected chi connectivity index (χ0v) is 16.1. The van der Waals surface area contributed by atoms with Gasteiger partial charge in [-0.05, 0) is 25.7 Å². The molecule has 2 saturated heterocycles. The third kappa shape index (κ3) is 5.54. The Bertz CT molecular complexity index is 511. The molecule has 2 atom stereocenters. The minimum Gasteiger partial charge on any atom is -0.480 e. The molecule has 26 heavy (non-hydrogen) atoms. The number of carbonyl (C=O) groups excluding carboxylic acids is 2. The molecule has 0 unspecified atom stereocenters. The molecule has 2 N–H and O–H groups in total. The molecular weight excluding hydrogens is 380 g/mol. The van der Waals surface area contributed by atoms with Crippen molar-refractivity contribution < 1.29 is 29.4 Å². The van der Waals surface area contributed by atoms with E-state index in [-0.39, 0.29) is 24.7 Å². The molecule has 2 amide bonds. The molecule has 10 heteroatoms. The summed E-state index contributed by atoms with van der Waals surface area (Å²) in [5.41, 5.74) is 0. The van der Waals surface area contributed by atoms with Crippen LogP contribution in [0, 0.1) is 0 Å². The van der Waals surface area contributed by atoms with Gasteiger partial charge in [0.15, 0.2) is 0 Å². The van der Waals surface area contributed by atoms with E-state index in [2.05, 4.69) is 0 Å². The lowest BCUT2D eigenvalue weighted by Crippen LogP contribution is -2.40. The van der Waals surface area contributed by atoms with Crippen LogP contribution < -0.4 is 0 Å². The Morgan fingerprint density at radius 2 is 1.15 bits per heavy atom. The quantitative estimate of drug-likeness (QED) is 0.436. The van der Waals surface area contributed by atoms with Crippen molar-refractivity contribution in [3.05, 3.63) is 0 Å². The fourth-order valence-electron chi connectivity index (χ4n) is 3.31. The summed E-state index contributed by atoms with van der Waals surface area (Å²) in [6.45, 7) is 1.01. The molecule has 0 aliphatic carbocycles. The van der Waals surface area contributed by atoms with Gasteiger partial charge in [-0.15, -0.1) is 0 Å². The molecule has 0 aromatic rings. The minimum absolute atomic E-state index is 0.138. The zero-order chi connectivity index (χ0) is 19.1. The summed E-state index contributed by atoms with van der Waals surface area (Å²) in [4.78, 5) is 49.3. The van der Waals surface area contributed by atoms with Gasteiger partial charge in [-0.25, -0.2) is 9.59 Å². The maximum absolute atomic E-state index is 12.1. The van der Waals surface area contributed by atoms with Gasteiger partial charge in [0.25, 0.3) is 0 Å². The number of hydrogen-bond acceptors (Lipinski definition) is 6. The van der Waals surface area contributed by atoms with E-state index in [0.29, 0.717) is 37.4 Å². The number of rotatable bonds is 9. The lowest BCUT2D eigenvalue weighted by atomic mass is 10.2. The highest BCUT2D eigenvalue weighted by Gasteiger charge is 2.34. The maximum Gasteiger partial charge on any atom is 0.326 e. The van der Waals surface area contributed by atoms with E-state index in [9.17, 15) is 19.2 Å². The molecule has 2 fully saturated rings. The van der Waals surface area contributed by atoms with Crippen molar-refractivity contribution in [3.8, 4) is 0 Å². The van der Waals surface area contributed by atoms with E-state index in [4.69, 9.17) is 10.2 Å². The standard InChI is InChI=1S/C16H24N2O6S2/c19-13(17-7-1-3-11(17)15(21)22)5-9-25-26-10-6-14(20)18-8-2-4-12(18)16(23)24/h11-12H,1-10H2,(H,21,22)(H,23,24)/t11-,12-/m1/s1. The predicted octanol–water partition coefficient (Wildman–Crippen LogP) is 1.30. The second-order valence-electron chi connectivity index (χ2n) is 6.31. The number of carboxylic acid groups (broad SMARTS) is 2. The van der Waals surface area contributed by atoms with Gasteiger partial charge in [0, 0.05) is 37.4 Å². The third-order valence-corrected chi connectivity index (χ3v) is 7.01. The summed E-state index contributed by atoms with van der Waals surface area (Å²) >= 11 is 0. The summed E-state index contributed by atoms with van der Waals surface area (Å²) < 4.78 is 0. The van der Waals surface area contributed by atoms with Crippen molar-refractivity contribution in [1.82, 2.24) is 9.80 Å². The van der Waals surface area contributed by atoms with Gasteiger partial charge < -0.3 is 20.0 Å². The average Bonchev–Trinajstić information content (AvgIpc) is 3.26. The van der Waals surface area contributed by atoms with Crippen LogP contribution in [-0.2, 0) is 19.2 Å². The lowest BCUT2D eigenvalue weighted by molar-refractivity contribution is -0.148. The number of hydrogen-bond donors (Lipinski definition) is 2.